The highest BCUT2D eigenvalue weighted by atomic mass is 35.5. The van der Waals surface area contributed by atoms with Crippen LogP contribution in [0.15, 0.2) is 42.5 Å². The summed E-state index contributed by atoms with van der Waals surface area (Å²) >= 11 is 11.8. The van der Waals surface area contributed by atoms with E-state index in [-0.39, 0.29) is 23.6 Å². The number of para-hydroxylation sites is 1. The summed E-state index contributed by atoms with van der Waals surface area (Å²) < 4.78 is 5.07. The second kappa shape index (κ2) is 10.5. The monoisotopic (exact) mass is 477 g/mol. The summed E-state index contributed by atoms with van der Waals surface area (Å²) in [5.74, 6) is -3.04. The Morgan fingerprint density at radius 2 is 1.91 bits per heavy atom. The van der Waals surface area contributed by atoms with Crippen molar-refractivity contribution in [2.75, 3.05) is 18.5 Å². The van der Waals surface area contributed by atoms with E-state index in [0.29, 0.717) is 10.7 Å². The van der Waals surface area contributed by atoms with Crippen LogP contribution in [-0.4, -0.2) is 41.9 Å². The van der Waals surface area contributed by atoms with Gasteiger partial charge in [-0.1, -0.05) is 48.3 Å². The fourth-order valence-corrected chi connectivity index (χ4v) is 3.72. The zero-order valence-corrected chi connectivity index (χ0v) is 18.7. The number of hydrogen-bond acceptors (Lipinski definition) is 5. The molecule has 0 unspecified atom stereocenters. The van der Waals surface area contributed by atoms with E-state index in [1.54, 1.807) is 12.1 Å². The van der Waals surface area contributed by atoms with Gasteiger partial charge < -0.3 is 10.1 Å². The standard InChI is InChI=1S/C22H21Cl2N3O5/c1-2-13-5-3-4-6-18(13)25-19(28)12-32-22(31)14-9-20(29)27(11-14)26-21(30)16-8-7-15(23)10-17(16)24/h3-8,10,14H,2,9,11-12H2,1H3,(H,25,28)(H,26,30)/t14-/m0/s1. The maximum absolute atomic E-state index is 12.4. The van der Waals surface area contributed by atoms with Gasteiger partial charge in [-0.05, 0) is 36.2 Å². The Morgan fingerprint density at radius 3 is 2.62 bits per heavy atom. The SMILES string of the molecule is CCc1ccccc1NC(=O)COC(=O)[C@H]1CC(=O)N(NC(=O)c2ccc(Cl)cc2Cl)C1. The highest BCUT2D eigenvalue weighted by molar-refractivity contribution is 6.36. The quantitative estimate of drug-likeness (QED) is 0.595. The third-order valence-electron chi connectivity index (χ3n) is 4.89. The number of amides is 3. The number of benzene rings is 2. The molecule has 3 rings (SSSR count). The molecule has 0 spiro atoms. The van der Waals surface area contributed by atoms with E-state index in [1.807, 2.05) is 19.1 Å². The lowest BCUT2D eigenvalue weighted by Gasteiger charge is -2.18. The number of carbonyl (C=O) groups excluding carboxylic acids is 4. The molecule has 1 aliphatic heterocycles. The Labute approximate surface area is 194 Å². The average Bonchev–Trinajstić information content (AvgIpc) is 3.12. The van der Waals surface area contributed by atoms with Gasteiger partial charge in [0.1, 0.15) is 0 Å². The number of nitrogens with one attached hydrogen (secondary N) is 2. The molecule has 32 heavy (non-hydrogen) atoms. The van der Waals surface area contributed by atoms with E-state index in [4.69, 9.17) is 27.9 Å². The first-order valence-corrected chi connectivity index (χ1v) is 10.6. The Morgan fingerprint density at radius 1 is 1.16 bits per heavy atom. The molecule has 0 aromatic heterocycles. The van der Waals surface area contributed by atoms with Gasteiger partial charge in [-0.2, -0.15) is 0 Å². The molecule has 3 amide bonds. The summed E-state index contributed by atoms with van der Waals surface area (Å²) in [6, 6.07) is 11.7. The van der Waals surface area contributed by atoms with Crippen LogP contribution in [0.1, 0.15) is 29.3 Å². The number of ether oxygens (including phenoxy) is 1. The highest BCUT2D eigenvalue weighted by Gasteiger charge is 2.37. The van der Waals surface area contributed by atoms with Gasteiger partial charge in [0.15, 0.2) is 6.61 Å². The predicted molar refractivity (Wildman–Crippen MR) is 119 cm³/mol. The summed E-state index contributed by atoms with van der Waals surface area (Å²) in [6.45, 7) is 1.41. The number of hydrogen-bond donors (Lipinski definition) is 2. The number of aryl methyl sites for hydroxylation is 1. The van der Waals surface area contributed by atoms with Crippen LogP contribution in [0.4, 0.5) is 5.69 Å². The molecule has 1 fully saturated rings. The molecule has 2 aromatic carbocycles. The van der Waals surface area contributed by atoms with Crippen LogP contribution in [0.5, 0.6) is 0 Å². The molecule has 1 saturated heterocycles. The van der Waals surface area contributed by atoms with Gasteiger partial charge in [-0.3, -0.25) is 29.6 Å². The summed E-state index contributed by atoms with van der Waals surface area (Å²) in [5.41, 5.74) is 4.18. The zero-order valence-electron chi connectivity index (χ0n) is 17.2. The molecule has 1 heterocycles. The number of halogens is 2. The number of carbonyl (C=O) groups is 4. The lowest BCUT2D eigenvalue weighted by atomic mass is 10.1. The van der Waals surface area contributed by atoms with Crippen molar-refractivity contribution < 1.29 is 23.9 Å². The molecule has 1 aliphatic rings. The topological polar surface area (TPSA) is 105 Å². The van der Waals surface area contributed by atoms with Gasteiger partial charge in [-0.15, -0.1) is 0 Å². The number of anilines is 1. The van der Waals surface area contributed by atoms with Crippen molar-refractivity contribution in [1.82, 2.24) is 10.4 Å². The van der Waals surface area contributed by atoms with Crippen molar-refractivity contribution in [3.8, 4) is 0 Å². The van der Waals surface area contributed by atoms with E-state index in [1.165, 1.54) is 18.2 Å². The fraction of sp³-hybridized carbons (Fsp3) is 0.273. The third-order valence-corrected chi connectivity index (χ3v) is 5.44. The van der Waals surface area contributed by atoms with Crippen molar-refractivity contribution in [2.24, 2.45) is 5.92 Å². The molecule has 2 N–H and O–H groups in total. The Bertz CT molecular complexity index is 1060. The molecule has 168 valence electrons. The maximum atomic E-state index is 12.4. The van der Waals surface area contributed by atoms with E-state index >= 15 is 0 Å². The van der Waals surface area contributed by atoms with Gasteiger partial charge in [0.05, 0.1) is 23.0 Å². The van der Waals surface area contributed by atoms with E-state index < -0.39 is 36.2 Å². The summed E-state index contributed by atoms with van der Waals surface area (Å²) in [4.78, 5) is 49.1. The largest absolute Gasteiger partial charge is 0.455 e. The lowest BCUT2D eigenvalue weighted by molar-refractivity contribution is -0.151. The van der Waals surface area contributed by atoms with Crippen LogP contribution < -0.4 is 10.7 Å². The third kappa shape index (κ3) is 5.77. The summed E-state index contributed by atoms with van der Waals surface area (Å²) in [6.07, 6.45) is 0.594. The van der Waals surface area contributed by atoms with E-state index in [9.17, 15) is 19.2 Å². The van der Waals surface area contributed by atoms with Crippen LogP contribution in [0, 0.1) is 5.92 Å². The van der Waals surface area contributed by atoms with Gasteiger partial charge in [0.25, 0.3) is 11.8 Å². The number of nitrogens with zero attached hydrogens (tertiary/aromatic N) is 1. The Kier molecular flexibility index (Phi) is 7.71. The van der Waals surface area contributed by atoms with E-state index in [0.717, 1.165) is 17.0 Å². The summed E-state index contributed by atoms with van der Waals surface area (Å²) in [5, 5.41) is 4.25. The molecule has 0 bridgehead atoms. The van der Waals surface area contributed by atoms with Crippen molar-refractivity contribution in [1.29, 1.82) is 0 Å². The average molecular weight is 478 g/mol. The predicted octanol–water partition coefficient (Wildman–Crippen LogP) is 3.23. The maximum Gasteiger partial charge on any atom is 0.311 e. The van der Waals surface area contributed by atoms with Crippen LogP contribution in [-0.2, 0) is 25.5 Å². The van der Waals surface area contributed by atoms with Crippen LogP contribution >= 0.6 is 23.2 Å². The van der Waals surface area contributed by atoms with Gasteiger partial charge in [0, 0.05) is 17.1 Å². The van der Waals surface area contributed by atoms with Crippen molar-refractivity contribution >= 4 is 52.6 Å². The first kappa shape index (κ1) is 23.6. The normalized spacial score (nSPS) is 15.4. The number of hydrazine groups is 1. The molecule has 1 atom stereocenters. The molecular formula is C22H21Cl2N3O5. The molecule has 2 aromatic rings. The lowest BCUT2D eigenvalue weighted by Crippen LogP contribution is -2.43. The molecule has 0 aliphatic carbocycles. The molecule has 0 saturated carbocycles. The Hall–Kier alpha value is -3.10. The Balaban J connectivity index is 1.51. The highest BCUT2D eigenvalue weighted by Crippen LogP contribution is 2.22. The first-order valence-electron chi connectivity index (χ1n) is 9.89. The minimum atomic E-state index is -0.806. The molecule has 0 radical (unpaired) electrons. The smallest absolute Gasteiger partial charge is 0.311 e. The second-order valence-electron chi connectivity index (χ2n) is 7.14. The van der Waals surface area contributed by atoms with Gasteiger partial charge in [-0.25, -0.2) is 0 Å². The van der Waals surface area contributed by atoms with Crippen molar-refractivity contribution in [3.63, 3.8) is 0 Å². The van der Waals surface area contributed by atoms with Crippen molar-refractivity contribution in [3.05, 3.63) is 63.6 Å². The molecule has 10 heteroatoms. The molecule has 8 nitrogen and oxygen atoms in total. The number of esters is 1. The van der Waals surface area contributed by atoms with Gasteiger partial charge in [0.2, 0.25) is 5.91 Å². The molecular weight excluding hydrogens is 457 g/mol. The summed E-state index contributed by atoms with van der Waals surface area (Å²) in [7, 11) is 0. The zero-order chi connectivity index (χ0) is 23.3. The minimum Gasteiger partial charge on any atom is -0.455 e. The van der Waals surface area contributed by atoms with Crippen LogP contribution in [0.2, 0.25) is 10.0 Å². The van der Waals surface area contributed by atoms with Gasteiger partial charge >= 0.3 is 5.97 Å². The minimum absolute atomic E-state index is 0.0745. The van der Waals surface area contributed by atoms with E-state index in [2.05, 4.69) is 10.7 Å². The van der Waals surface area contributed by atoms with Crippen LogP contribution in [0.25, 0.3) is 0 Å². The fourth-order valence-electron chi connectivity index (χ4n) is 3.22. The first-order chi connectivity index (χ1) is 15.3. The van der Waals surface area contributed by atoms with Crippen LogP contribution in [0.3, 0.4) is 0 Å². The number of rotatable bonds is 7. The second-order valence-corrected chi connectivity index (χ2v) is 7.98. The van der Waals surface area contributed by atoms with Crippen molar-refractivity contribution in [2.45, 2.75) is 19.8 Å².